The second kappa shape index (κ2) is 5.67. The van der Waals surface area contributed by atoms with Crippen LogP contribution in [0.15, 0.2) is 17.0 Å². The number of hydrogen-bond donors (Lipinski definition) is 6. The maximum Gasteiger partial charge on any atom is 0.242 e. The fraction of sp³-hybridized carbons (Fsp3) is 0.538. The third-order valence-corrected chi connectivity index (χ3v) is 3.59. The predicted octanol–water partition coefficient (Wildman–Crippen LogP) is -1.55. The highest BCUT2D eigenvalue weighted by atomic mass is 16.6. The molecule has 0 spiro atoms. The van der Waals surface area contributed by atoms with Gasteiger partial charge in [0.15, 0.2) is 11.4 Å². The number of anilines is 1. The molecule has 10 nitrogen and oxygen atoms in total. The van der Waals surface area contributed by atoms with E-state index < -0.39 is 36.9 Å². The summed E-state index contributed by atoms with van der Waals surface area (Å²) in [6.45, 7) is 0.663. The molecule has 1 aliphatic heterocycles. The summed E-state index contributed by atoms with van der Waals surface area (Å²) in [7, 11) is 0. The number of aromatic nitrogens is 2. The van der Waals surface area contributed by atoms with E-state index in [2.05, 4.69) is 15.3 Å². The minimum atomic E-state index is -2.21. The molecule has 4 atom stereocenters. The van der Waals surface area contributed by atoms with Gasteiger partial charge < -0.3 is 40.0 Å². The van der Waals surface area contributed by atoms with Gasteiger partial charge in [0.25, 0.3) is 0 Å². The van der Waals surface area contributed by atoms with Crippen LogP contribution in [-0.4, -0.2) is 66.3 Å². The van der Waals surface area contributed by atoms with E-state index >= 15 is 0 Å². The molecule has 0 amide bonds. The van der Waals surface area contributed by atoms with Gasteiger partial charge in [-0.05, 0) is 0 Å². The Balaban J connectivity index is 1.99. The Morgan fingerprint density at radius 3 is 2.61 bits per heavy atom. The average molecular weight is 327 g/mol. The molecule has 0 saturated carbocycles. The molecule has 126 valence electrons. The van der Waals surface area contributed by atoms with E-state index in [0.29, 0.717) is 5.56 Å². The summed E-state index contributed by atoms with van der Waals surface area (Å²) in [5, 5.41) is 50.2. The zero-order valence-electron chi connectivity index (χ0n) is 12.1. The van der Waals surface area contributed by atoms with Gasteiger partial charge in [-0.25, -0.2) is 9.97 Å². The Kier molecular flexibility index (Phi) is 3.96. The van der Waals surface area contributed by atoms with E-state index in [1.165, 1.54) is 12.6 Å². The first-order valence-corrected chi connectivity index (χ1v) is 6.89. The lowest BCUT2D eigenvalue weighted by Crippen LogP contribution is -2.34. The minimum Gasteiger partial charge on any atom is -0.458 e. The van der Waals surface area contributed by atoms with Crippen LogP contribution in [0.2, 0.25) is 0 Å². The van der Waals surface area contributed by atoms with Crippen molar-refractivity contribution in [3.63, 3.8) is 0 Å². The van der Waals surface area contributed by atoms with E-state index in [4.69, 9.17) is 14.3 Å². The second-order valence-electron chi connectivity index (χ2n) is 5.50. The number of nitrogens with zero attached hydrogens (tertiary/aromatic N) is 2. The molecule has 10 heteroatoms. The van der Waals surface area contributed by atoms with Crippen molar-refractivity contribution in [1.82, 2.24) is 9.97 Å². The van der Waals surface area contributed by atoms with Crippen molar-refractivity contribution in [3.05, 3.63) is 18.2 Å². The van der Waals surface area contributed by atoms with Gasteiger partial charge in [0.05, 0.1) is 12.9 Å². The first-order chi connectivity index (χ1) is 10.8. The monoisotopic (exact) mass is 327 g/mol. The maximum absolute atomic E-state index is 10.1. The molecule has 6 N–H and O–H groups in total. The van der Waals surface area contributed by atoms with Crippen molar-refractivity contribution in [2.24, 2.45) is 0 Å². The lowest BCUT2D eigenvalue weighted by Gasteiger charge is -2.17. The van der Waals surface area contributed by atoms with Gasteiger partial charge in [0.2, 0.25) is 5.91 Å². The van der Waals surface area contributed by atoms with E-state index in [1.54, 1.807) is 0 Å². The smallest absolute Gasteiger partial charge is 0.242 e. The number of rotatable bonds is 4. The van der Waals surface area contributed by atoms with Crippen LogP contribution in [-0.2, 0) is 4.74 Å². The van der Waals surface area contributed by atoms with Crippen molar-refractivity contribution in [2.45, 2.75) is 37.3 Å². The molecular weight excluding hydrogens is 310 g/mol. The topological polar surface area (TPSA) is 161 Å². The maximum atomic E-state index is 10.1. The van der Waals surface area contributed by atoms with Crippen molar-refractivity contribution in [1.29, 1.82) is 0 Å². The molecule has 3 rings (SSSR count). The minimum absolute atomic E-state index is 0.0421. The lowest BCUT2D eigenvalue weighted by atomic mass is 10.0. The molecular formula is C13H17N3O7. The van der Waals surface area contributed by atoms with Gasteiger partial charge in [0, 0.05) is 12.5 Å². The first-order valence-electron chi connectivity index (χ1n) is 6.89. The van der Waals surface area contributed by atoms with Crippen LogP contribution in [0.3, 0.4) is 0 Å². The highest BCUT2D eigenvalue weighted by Crippen LogP contribution is 2.38. The van der Waals surface area contributed by atoms with Crippen LogP contribution in [0.5, 0.6) is 0 Å². The van der Waals surface area contributed by atoms with Gasteiger partial charge in [-0.15, -0.1) is 0 Å². The Bertz CT molecular complexity index is 698. The van der Waals surface area contributed by atoms with E-state index in [1.807, 2.05) is 0 Å². The summed E-state index contributed by atoms with van der Waals surface area (Å²) >= 11 is 0. The molecule has 0 bridgehead atoms. The normalized spacial score (nSPS) is 28.4. The third-order valence-electron chi connectivity index (χ3n) is 3.59. The Morgan fingerprint density at radius 2 is 2.00 bits per heavy atom. The zero-order valence-corrected chi connectivity index (χ0v) is 12.1. The summed E-state index contributed by atoms with van der Waals surface area (Å²) < 4.78 is 10.8. The van der Waals surface area contributed by atoms with Crippen LogP contribution in [0.25, 0.3) is 11.1 Å². The van der Waals surface area contributed by atoms with Crippen LogP contribution in [0, 0.1) is 0 Å². The van der Waals surface area contributed by atoms with Gasteiger partial charge in [-0.2, -0.15) is 0 Å². The van der Waals surface area contributed by atoms with Crippen LogP contribution < -0.4 is 5.32 Å². The summed E-state index contributed by atoms with van der Waals surface area (Å²) in [5.74, 6) is -2.17. The Morgan fingerprint density at radius 1 is 1.26 bits per heavy atom. The van der Waals surface area contributed by atoms with E-state index in [9.17, 15) is 20.4 Å². The van der Waals surface area contributed by atoms with Crippen LogP contribution >= 0.6 is 0 Å². The largest absolute Gasteiger partial charge is 0.458 e. The number of hydrogen-bond acceptors (Lipinski definition) is 10. The van der Waals surface area contributed by atoms with Gasteiger partial charge in [0.1, 0.15) is 36.3 Å². The van der Waals surface area contributed by atoms with Crippen molar-refractivity contribution in [3.8, 4) is 0 Å². The van der Waals surface area contributed by atoms with Crippen LogP contribution in [0.1, 0.15) is 18.6 Å². The van der Waals surface area contributed by atoms with Gasteiger partial charge >= 0.3 is 0 Å². The SMILES string of the molecule is CC(O)(O)Nc1ncnc2c(C3O[C@H](CO)[C@@H](O)[C@H]3O)coc12. The molecule has 2 aromatic heterocycles. The fourth-order valence-corrected chi connectivity index (χ4v) is 2.54. The molecule has 3 heterocycles. The molecule has 1 aliphatic rings. The van der Waals surface area contributed by atoms with Gasteiger partial charge in [-0.3, -0.25) is 0 Å². The second-order valence-corrected chi connectivity index (χ2v) is 5.50. The number of aliphatic hydroxyl groups is 5. The summed E-state index contributed by atoms with van der Waals surface area (Å²) in [6, 6.07) is 0. The van der Waals surface area contributed by atoms with Gasteiger partial charge in [-0.1, -0.05) is 0 Å². The van der Waals surface area contributed by atoms with Crippen molar-refractivity contribution < 1.29 is 34.7 Å². The van der Waals surface area contributed by atoms with Crippen LogP contribution in [0.4, 0.5) is 5.82 Å². The van der Waals surface area contributed by atoms with E-state index in [0.717, 1.165) is 6.92 Å². The summed E-state index contributed by atoms with van der Waals surface area (Å²) in [5.41, 5.74) is 0.765. The first kappa shape index (κ1) is 16.1. The average Bonchev–Trinajstić information content (AvgIpc) is 3.01. The molecule has 0 aromatic carbocycles. The van der Waals surface area contributed by atoms with Crippen molar-refractivity contribution >= 4 is 16.9 Å². The number of ether oxygens (including phenoxy) is 1. The molecule has 23 heavy (non-hydrogen) atoms. The molecule has 2 aromatic rings. The zero-order chi connectivity index (χ0) is 16.8. The lowest BCUT2D eigenvalue weighted by molar-refractivity contribution is -0.119. The highest BCUT2D eigenvalue weighted by Gasteiger charge is 2.44. The Labute approximate surface area is 130 Å². The number of nitrogens with one attached hydrogen (secondary N) is 1. The quantitative estimate of drug-likeness (QED) is 0.362. The standard InChI is InChI=1S/C13H17N3O7/c1-13(20,21)16-12-11-7(14-4-15-12)5(3-22-11)10-9(19)8(18)6(2-17)23-10/h3-4,6,8-10,17-21H,2H2,1H3,(H,14,15,16)/t6-,8-,9-,10?/m1/s1. The molecule has 0 radical (unpaired) electrons. The number of furan rings is 1. The third kappa shape index (κ3) is 2.87. The predicted molar refractivity (Wildman–Crippen MR) is 75.0 cm³/mol. The Hall–Kier alpha value is -1.82. The molecule has 1 saturated heterocycles. The molecule has 0 aliphatic carbocycles. The fourth-order valence-electron chi connectivity index (χ4n) is 2.54. The number of aliphatic hydroxyl groups excluding tert-OH is 3. The highest BCUT2D eigenvalue weighted by molar-refractivity contribution is 5.86. The van der Waals surface area contributed by atoms with E-state index in [-0.39, 0.29) is 16.9 Å². The summed E-state index contributed by atoms with van der Waals surface area (Å²) in [4.78, 5) is 7.91. The molecule has 1 unspecified atom stereocenters. The van der Waals surface area contributed by atoms with Crippen molar-refractivity contribution in [2.75, 3.05) is 11.9 Å². The number of fused-ring (bicyclic) bond motifs is 1. The molecule has 1 fully saturated rings. The summed E-state index contributed by atoms with van der Waals surface area (Å²) in [6.07, 6.45) is -1.92.